The predicted octanol–water partition coefficient (Wildman–Crippen LogP) is 6.09. The van der Waals surface area contributed by atoms with Gasteiger partial charge in [-0.15, -0.1) is 0 Å². The molecule has 0 saturated carbocycles. The smallest absolute Gasteiger partial charge is 0.228 e. The Morgan fingerprint density at radius 2 is 1.62 bits per heavy atom. The summed E-state index contributed by atoms with van der Waals surface area (Å²) < 4.78 is 2.11. The Bertz CT molecular complexity index is 1010. The van der Waals surface area contributed by atoms with Crippen LogP contribution in [0, 0.1) is 17.2 Å². The number of nitrogens with one attached hydrogen (secondary N) is 1. The van der Waals surface area contributed by atoms with Gasteiger partial charge in [0.15, 0.2) is 0 Å². The summed E-state index contributed by atoms with van der Waals surface area (Å²) in [6.07, 6.45) is 1.98. The highest BCUT2D eigenvalue weighted by molar-refractivity contribution is 5.98. The van der Waals surface area contributed by atoms with E-state index >= 15 is 0 Å². The molecule has 0 aliphatic rings. The van der Waals surface area contributed by atoms with Gasteiger partial charge in [-0.2, -0.15) is 5.26 Å². The first-order valence-electron chi connectivity index (χ1n) is 10.2. The molecule has 1 N–H and O–H groups in total. The van der Waals surface area contributed by atoms with Gasteiger partial charge in [0.25, 0.3) is 0 Å². The third-order valence-corrected chi connectivity index (χ3v) is 4.99. The summed E-state index contributed by atoms with van der Waals surface area (Å²) in [5, 5.41) is 13.1. The molecule has 0 saturated heterocycles. The molecule has 148 valence electrons. The topological polar surface area (TPSA) is 57.8 Å². The Balaban J connectivity index is 2.35. The Morgan fingerprint density at radius 3 is 2.14 bits per heavy atom. The van der Waals surface area contributed by atoms with Gasteiger partial charge < -0.3 is 9.88 Å². The largest absolute Gasteiger partial charge is 0.326 e. The van der Waals surface area contributed by atoms with Crippen molar-refractivity contribution in [1.82, 2.24) is 4.57 Å². The van der Waals surface area contributed by atoms with Crippen molar-refractivity contribution in [3.8, 4) is 28.5 Å². The van der Waals surface area contributed by atoms with Gasteiger partial charge in [0.1, 0.15) is 17.5 Å². The van der Waals surface area contributed by atoms with E-state index in [0.717, 1.165) is 41.8 Å². The van der Waals surface area contributed by atoms with E-state index in [9.17, 15) is 10.1 Å². The third kappa shape index (κ3) is 4.25. The fourth-order valence-corrected chi connectivity index (χ4v) is 3.44. The van der Waals surface area contributed by atoms with Crippen molar-refractivity contribution in [1.29, 1.82) is 5.26 Å². The Hall–Kier alpha value is -3.32. The Labute approximate surface area is 172 Å². The van der Waals surface area contributed by atoms with Crippen LogP contribution in [0.1, 0.15) is 39.2 Å². The van der Waals surface area contributed by atoms with Crippen LogP contribution in [0.15, 0.2) is 60.7 Å². The molecule has 0 bridgehead atoms. The van der Waals surface area contributed by atoms with Gasteiger partial charge in [0.05, 0.1) is 5.69 Å². The van der Waals surface area contributed by atoms with Crippen LogP contribution in [0.25, 0.3) is 22.4 Å². The summed E-state index contributed by atoms with van der Waals surface area (Å²) in [6.45, 7) is 6.59. The van der Waals surface area contributed by atoms with E-state index < -0.39 is 0 Å². The number of unbranched alkanes of at least 4 members (excludes halogenated alkanes) is 1. The Kier molecular flexibility index (Phi) is 6.51. The van der Waals surface area contributed by atoms with Gasteiger partial charge in [-0.1, -0.05) is 87.9 Å². The number of carbonyl (C=O) groups is 1. The molecule has 4 heteroatoms. The lowest BCUT2D eigenvalue weighted by atomic mass is 9.98. The molecule has 4 nitrogen and oxygen atoms in total. The summed E-state index contributed by atoms with van der Waals surface area (Å²) in [5.74, 6) is 0.338. The maximum absolute atomic E-state index is 12.6. The minimum Gasteiger partial charge on any atom is -0.326 e. The molecule has 0 atom stereocenters. The van der Waals surface area contributed by atoms with Crippen LogP contribution in [0.3, 0.4) is 0 Å². The van der Waals surface area contributed by atoms with Crippen LogP contribution < -0.4 is 5.32 Å². The summed E-state index contributed by atoms with van der Waals surface area (Å²) >= 11 is 0. The lowest BCUT2D eigenvalue weighted by Crippen LogP contribution is -2.21. The average Bonchev–Trinajstić information content (AvgIpc) is 3.06. The van der Waals surface area contributed by atoms with Crippen molar-refractivity contribution in [3.05, 3.63) is 66.2 Å². The molecule has 1 heterocycles. The highest BCUT2D eigenvalue weighted by atomic mass is 16.1. The van der Waals surface area contributed by atoms with Crippen LogP contribution in [0.4, 0.5) is 5.82 Å². The van der Waals surface area contributed by atoms with E-state index in [2.05, 4.69) is 35.0 Å². The second kappa shape index (κ2) is 9.25. The molecule has 3 aromatic rings. The fourth-order valence-electron chi connectivity index (χ4n) is 3.44. The monoisotopic (exact) mass is 385 g/mol. The highest BCUT2D eigenvalue weighted by Gasteiger charge is 2.26. The average molecular weight is 386 g/mol. The molecule has 0 aliphatic heterocycles. The standard InChI is InChI=1S/C25H27N3O/c1-4-5-16-28-23(20-14-10-7-11-15-20)22(19-12-8-6-9-13-19)21(17-26)24(28)27-25(29)18(2)3/h6-15,18H,4-5,16H2,1-3H3,(H,27,29). The maximum Gasteiger partial charge on any atom is 0.228 e. The summed E-state index contributed by atoms with van der Waals surface area (Å²) in [5.41, 5.74) is 4.36. The van der Waals surface area contributed by atoms with Crippen LogP contribution in [-0.4, -0.2) is 10.5 Å². The number of carbonyl (C=O) groups excluding carboxylic acids is 1. The van der Waals surface area contributed by atoms with Crippen molar-refractivity contribution >= 4 is 11.7 Å². The van der Waals surface area contributed by atoms with E-state index in [1.54, 1.807) is 0 Å². The Morgan fingerprint density at radius 1 is 1.03 bits per heavy atom. The number of nitriles is 1. The first-order chi connectivity index (χ1) is 14.1. The molecule has 29 heavy (non-hydrogen) atoms. The molecule has 2 aromatic carbocycles. The third-order valence-electron chi connectivity index (χ3n) is 4.99. The second-order valence-electron chi connectivity index (χ2n) is 7.44. The number of anilines is 1. The van der Waals surface area contributed by atoms with Gasteiger partial charge >= 0.3 is 0 Å². The van der Waals surface area contributed by atoms with Crippen molar-refractivity contribution in [2.45, 2.75) is 40.2 Å². The SMILES string of the molecule is CCCCn1c(NC(=O)C(C)C)c(C#N)c(-c2ccccc2)c1-c1ccccc1. The summed E-state index contributed by atoms with van der Waals surface area (Å²) in [4.78, 5) is 12.6. The molecule has 3 rings (SSSR count). The van der Waals surface area contributed by atoms with Crippen LogP contribution in [-0.2, 0) is 11.3 Å². The molecule has 0 radical (unpaired) electrons. The molecule has 0 fully saturated rings. The van der Waals surface area contributed by atoms with Crippen molar-refractivity contribution in [2.24, 2.45) is 5.92 Å². The quantitative estimate of drug-likeness (QED) is 0.535. The molecule has 1 amide bonds. The number of rotatable bonds is 7. The molecule has 0 unspecified atom stereocenters. The lowest BCUT2D eigenvalue weighted by molar-refractivity contribution is -0.118. The van der Waals surface area contributed by atoms with Crippen LogP contribution in [0.5, 0.6) is 0 Å². The molecular weight excluding hydrogens is 358 g/mol. The van der Waals surface area contributed by atoms with E-state index in [1.807, 2.05) is 62.4 Å². The molecule has 0 aliphatic carbocycles. The number of hydrogen-bond acceptors (Lipinski definition) is 2. The van der Waals surface area contributed by atoms with E-state index in [0.29, 0.717) is 11.4 Å². The molecular formula is C25H27N3O. The first kappa shape index (κ1) is 20.4. The van der Waals surface area contributed by atoms with Gasteiger partial charge in [0.2, 0.25) is 5.91 Å². The van der Waals surface area contributed by atoms with Gasteiger partial charge in [0, 0.05) is 18.0 Å². The minimum atomic E-state index is -0.170. The number of benzene rings is 2. The van der Waals surface area contributed by atoms with E-state index in [-0.39, 0.29) is 11.8 Å². The zero-order chi connectivity index (χ0) is 20.8. The van der Waals surface area contributed by atoms with Crippen molar-refractivity contribution < 1.29 is 4.79 Å². The number of nitrogens with zero attached hydrogens (tertiary/aromatic N) is 2. The minimum absolute atomic E-state index is 0.0871. The zero-order valence-electron chi connectivity index (χ0n) is 17.3. The fraction of sp³-hybridized carbons (Fsp3) is 0.280. The van der Waals surface area contributed by atoms with Crippen molar-refractivity contribution in [3.63, 3.8) is 0 Å². The van der Waals surface area contributed by atoms with Crippen molar-refractivity contribution in [2.75, 3.05) is 5.32 Å². The van der Waals surface area contributed by atoms with Gasteiger partial charge in [-0.3, -0.25) is 4.79 Å². The lowest BCUT2D eigenvalue weighted by Gasteiger charge is -2.16. The normalized spacial score (nSPS) is 10.7. The number of amides is 1. The van der Waals surface area contributed by atoms with E-state index in [1.165, 1.54) is 0 Å². The molecule has 0 spiro atoms. The second-order valence-corrected chi connectivity index (χ2v) is 7.44. The summed E-state index contributed by atoms with van der Waals surface area (Å²) in [7, 11) is 0. The predicted molar refractivity (Wildman–Crippen MR) is 118 cm³/mol. The summed E-state index contributed by atoms with van der Waals surface area (Å²) in [6, 6.07) is 22.4. The van der Waals surface area contributed by atoms with Crippen LogP contribution in [0.2, 0.25) is 0 Å². The molecule has 1 aromatic heterocycles. The van der Waals surface area contributed by atoms with Gasteiger partial charge in [-0.05, 0) is 17.5 Å². The van der Waals surface area contributed by atoms with Crippen LogP contribution >= 0.6 is 0 Å². The zero-order valence-corrected chi connectivity index (χ0v) is 17.3. The number of aromatic nitrogens is 1. The maximum atomic E-state index is 12.6. The highest BCUT2D eigenvalue weighted by Crippen LogP contribution is 2.41. The number of hydrogen-bond donors (Lipinski definition) is 1. The van der Waals surface area contributed by atoms with Gasteiger partial charge in [-0.25, -0.2) is 0 Å². The first-order valence-corrected chi connectivity index (χ1v) is 10.2. The van der Waals surface area contributed by atoms with E-state index in [4.69, 9.17) is 0 Å².